The number of hydrogen-bond acceptors (Lipinski definition) is 8. The first kappa shape index (κ1) is 12.7. The number of aromatic nitrogens is 2. The maximum atomic E-state index is 10.6. The second kappa shape index (κ2) is 4.96. The Morgan fingerprint density at radius 1 is 1.29 bits per heavy atom. The lowest BCUT2D eigenvalue weighted by molar-refractivity contribution is -0.402. The van der Waals surface area contributed by atoms with Gasteiger partial charge in [-0.1, -0.05) is 5.10 Å². The zero-order chi connectivity index (χ0) is 14.8. The van der Waals surface area contributed by atoms with E-state index in [1.807, 2.05) is 0 Å². The molecular formula is C12H8N4O5. The molecule has 21 heavy (non-hydrogen) atoms. The lowest BCUT2D eigenvalue weighted by atomic mass is 10.1. The van der Waals surface area contributed by atoms with Crippen molar-refractivity contribution in [1.82, 2.24) is 10.2 Å². The normalized spacial score (nSPS) is 11.7. The minimum absolute atomic E-state index is 0.104. The van der Waals surface area contributed by atoms with Crippen molar-refractivity contribution in [1.29, 1.82) is 0 Å². The number of anilines is 1. The van der Waals surface area contributed by atoms with Crippen LogP contribution in [0.15, 0.2) is 43.8 Å². The van der Waals surface area contributed by atoms with Gasteiger partial charge in [-0.3, -0.25) is 10.1 Å². The molecule has 0 amide bonds. The quantitative estimate of drug-likeness (QED) is 0.570. The van der Waals surface area contributed by atoms with Gasteiger partial charge in [0, 0.05) is 0 Å². The second-order valence-electron chi connectivity index (χ2n) is 3.91. The summed E-state index contributed by atoms with van der Waals surface area (Å²) in [5.41, 5.74) is 5.79. The monoisotopic (exact) mass is 288 g/mol. The van der Waals surface area contributed by atoms with Gasteiger partial charge in [0.1, 0.15) is 16.4 Å². The van der Waals surface area contributed by atoms with Crippen molar-refractivity contribution in [2.75, 3.05) is 5.73 Å². The lowest BCUT2D eigenvalue weighted by Gasteiger charge is -1.97. The van der Waals surface area contributed by atoms with Crippen molar-refractivity contribution < 1.29 is 18.2 Å². The van der Waals surface area contributed by atoms with E-state index in [1.165, 1.54) is 24.5 Å². The molecule has 0 aliphatic heterocycles. The zero-order valence-corrected chi connectivity index (χ0v) is 10.4. The molecule has 106 valence electrons. The van der Waals surface area contributed by atoms with Gasteiger partial charge in [0.05, 0.1) is 17.9 Å². The molecule has 3 heterocycles. The molecule has 2 N–H and O–H groups in total. The number of hydrogen-bond donors (Lipinski definition) is 1. The molecule has 0 aromatic carbocycles. The van der Waals surface area contributed by atoms with Crippen LogP contribution < -0.4 is 5.73 Å². The van der Waals surface area contributed by atoms with Crippen LogP contribution in [-0.4, -0.2) is 15.1 Å². The molecule has 0 atom stereocenters. The summed E-state index contributed by atoms with van der Waals surface area (Å²) in [4.78, 5) is 9.99. The average Bonchev–Trinajstić information content (AvgIpc) is 3.17. The highest BCUT2D eigenvalue weighted by molar-refractivity contribution is 5.85. The van der Waals surface area contributed by atoms with Crippen molar-refractivity contribution in [2.24, 2.45) is 0 Å². The van der Waals surface area contributed by atoms with Crippen LogP contribution >= 0.6 is 0 Å². The first-order valence-corrected chi connectivity index (χ1v) is 5.72. The molecule has 9 heteroatoms. The van der Waals surface area contributed by atoms with Crippen LogP contribution in [-0.2, 0) is 0 Å². The molecule has 0 saturated carbocycles. The first-order valence-electron chi connectivity index (χ1n) is 5.72. The minimum Gasteiger partial charge on any atom is -0.464 e. The molecule has 9 nitrogen and oxygen atoms in total. The van der Waals surface area contributed by atoms with Crippen molar-refractivity contribution in [3.63, 3.8) is 0 Å². The fourth-order valence-corrected chi connectivity index (χ4v) is 1.67. The van der Waals surface area contributed by atoms with Crippen LogP contribution in [0.25, 0.3) is 11.6 Å². The Hall–Kier alpha value is -3.36. The molecule has 0 aliphatic rings. The van der Waals surface area contributed by atoms with Gasteiger partial charge in [0.2, 0.25) is 0 Å². The van der Waals surface area contributed by atoms with Gasteiger partial charge in [0.15, 0.2) is 0 Å². The van der Waals surface area contributed by atoms with Crippen LogP contribution in [0.4, 0.5) is 11.9 Å². The van der Waals surface area contributed by atoms with Gasteiger partial charge < -0.3 is 19.0 Å². The van der Waals surface area contributed by atoms with Crippen molar-refractivity contribution in [3.8, 4) is 0 Å². The predicted molar refractivity (Wildman–Crippen MR) is 69.8 cm³/mol. The SMILES string of the molecule is Nc1nnc(/C(=C/c2ccc([N+](=O)[O-])o2)c2ccco2)o1. The summed E-state index contributed by atoms with van der Waals surface area (Å²) >= 11 is 0. The van der Waals surface area contributed by atoms with Gasteiger partial charge >= 0.3 is 11.9 Å². The Balaban J connectivity index is 2.06. The summed E-state index contributed by atoms with van der Waals surface area (Å²) in [6.45, 7) is 0. The van der Waals surface area contributed by atoms with E-state index in [0.29, 0.717) is 11.3 Å². The summed E-state index contributed by atoms with van der Waals surface area (Å²) in [7, 11) is 0. The maximum Gasteiger partial charge on any atom is 0.433 e. The van der Waals surface area contributed by atoms with Crippen LogP contribution in [0.1, 0.15) is 17.4 Å². The average molecular weight is 288 g/mol. The molecular weight excluding hydrogens is 280 g/mol. The van der Waals surface area contributed by atoms with E-state index in [-0.39, 0.29) is 23.5 Å². The first-order chi connectivity index (χ1) is 10.1. The third-order valence-corrected chi connectivity index (χ3v) is 2.54. The van der Waals surface area contributed by atoms with Gasteiger partial charge in [-0.05, 0) is 24.3 Å². The second-order valence-corrected chi connectivity index (χ2v) is 3.91. The molecule has 0 aliphatic carbocycles. The maximum absolute atomic E-state index is 10.6. The van der Waals surface area contributed by atoms with E-state index in [4.69, 9.17) is 19.0 Å². The Labute approximate surface area is 116 Å². The Morgan fingerprint density at radius 3 is 2.71 bits per heavy atom. The number of furan rings is 2. The topological polar surface area (TPSA) is 134 Å². The Bertz CT molecular complexity index is 799. The van der Waals surface area contributed by atoms with Crippen molar-refractivity contribution in [3.05, 3.63) is 58.1 Å². The van der Waals surface area contributed by atoms with E-state index in [2.05, 4.69) is 10.2 Å². The molecule has 0 unspecified atom stereocenters. The standard InChI is InChI=1S/C12H8N4O5/c13-12-15-14-11(21-12)8(9-2-1-5-19-9)6-7-3-4-10(20-7)16(17)18/h1-6H,(H2,13,15)/b8-6+. The highest BCUT2D eigenvalue weighted by Gasteiger charge is 2.17. The summed E-state index contributed by atoms with van der Waals surface area (Å²) in [6.07, 6.45) is 2.95. The van der Waals surface area contributed by atoms with Crippen LogP contribution in [0.5, 0.6) is 0 Å². The van der Waals surface area contributed by atoms with E-state index < -0.39 is 4.92 Å². The third kappa shape index (κ3) is 2.52. The molecule has 0 saturated heterocycles. The summed E-state index contributed by atoms with van der Waals surface area (Å²) < 4.78 is 15.5. The van der Waals surface area contributed by atoms with E-state index in [1.54, 1.807) is 12.1 Å². The zero-order valence-electron chi connectivity index (χ0n) is 10.4. The van der Waals surface area contributed by atoms with Gasteiger partial charge in [-0.2, -0.15) is 0 Å². The van der Waals surface area contributed by atoms with E-state index in [0.717, 1.165) is 0 Å². The number of nitrogens with two attached hydrogens (primary N) is 1. The fraction of sp³-hybridized carbons (Fsp3) is 0. The van der Waals surface area contributed by atoms with Gasteiger partial charge in [-0.25, -0.2) is 0 Å². The highest BCUT2D eigenvalue weighted by Crippen LogP contribution is 2.27. The van der Waals surface area contributed by atoms with Crippen LogP contribution in [0.2, 0.25) is 0 Å². The molecule has 0 spiro atoms. The smallest absolute Gasteiger partial charge is 0.433 e. The van der Waals surface area contributed by atoms with Gasteiger partial charge in [-0.15, -0.1) is 5.10 Å². The van der Waals surface area contributed by atoms with E-state index in [9.17, 15) is 10.1 Å². The van der Waals surface area contributed by atoms with Gasteiger partial charge in [0.25, 0.3) is 5.89 Å². The summed E-state index contributed by atoms with van der Waals surface area (Å²) in [5.74, 6) is 0.411. The number of rotatable bonds is 4. The predicted octanol–water partition coefficient (Wildman–Crippen LogP) is 2.33. The van der Waals surface area contributed by atoms with E-state index >= 15 is 0 Å². The molecule has 3 rings (SSSR count). The van der Waals surface area contributed by atoms with Crippen molar-refractivity contribution in [2.45, 2.75) is 0 Å². The van der Waals surface area contributed by atoms with Crippen molar-refractivity contribution >= 4 is 23.5 Å². The lowest BCUT2D eigenvalue weighted by Crippen LogP contribution is -1.86. The Kier molecular flexibility index (Phi) is 2.99. The number of nitrogen functional groups attached to an aromatic ring is 1. The largest absolute Gasteiger partial charge is 0.464 e. The third-order valence-electron chi connectivity index (χ3n) is 2.54. The summed E-state index contributed by atoms with van der Waals surface area (Å²) in [6, 6.07) is 5.93. The molecule has 0 fully saturated rings. The van der Waals surface area contributed by atoms with Crippen LogP contribution in [0, 0.1) is 10.1 Å². The minimum atomic E-state index is -0.630. The number of nitrogens with zero attached hydrogens (tertiary/aromatic N) is 3. The molecule has 0 radical (unpaired) electrons. The highest BCUT2D eigenvalue weighted by atomic mass is 16.6. The fourth-order valence-electron chi connectivity index (χ4n) is 1.67. The van der Waals surface area contributed by atoms with Crippen LogP contribution in [0.3, 0.4) is 0 Å². The summed E-state index contributed by atoms with van der Waals surface area (Å²) in [5, 5.41) is 17.9. The Morgan fingerprint density at radius 2 is 2.14 bits per heavy atom. The number of nitro groups is 1. The molecule has 0 bridgehead atoms. The molecule has 3 aromatic heterocycles. The molecule has 3 aromatic rings.